The number of carbonyl (C=O) groups excluding carboxylic acids is 1. The first-order valence-corrected chi connectivity index (χ1v) is 7.63. The molecule has 0 bridgehead atoms. The topological polar surface area (TPSA) is 41.1 Å². The van der Waals surface area contributed by atoms with Crippen molar-refractivity contribution in [2.45, 2.75) is 12.7 Å². The van der Waals surface area contributed by atoms with Gasteiger partial charge in [-0.1, -0.05) is 35.3 Å². The number of alkyl halides is 3. The van der Waals surface area contributed by atoms with Gasteiger partial charge in [-0.05, 0) is 35.9 Å². The number of rotatable bonds is 5. The van der Waals surface area contributed by atoms with Gasteiger partial charge in [0.2, 0.25) is 5.91 Å². The van der Waals surface area contributed by atoms with Crippen molar-refractivity contribution in [1.82, 2.24) is 5.32 Å². The van der Waals surface area contributed by atoms with E-state index in [1.807, 2.05) is 0 Å². The fraction of sp³-hybridized carbons (Fsp3) is 0.188. The zero-order valence-corrected chi connectivity index (χ0v) is 13.8. The van der Waals surface area contributed by atoms with Gasteiger partial charge in [-0.3, -0.25) is 4.79 Å². The van der Waals surface area contributed by atoms with Crippen LogP contribution in [0, 0.1) is 0 Å². The van der Waals surface area contributed by atoms with Crippen molar-refractivity contribution in [3.05, 3.63) is 63.6 Å². The summed E-state index contributed by atoms with van der Waals surface area (Å²) in [6, 6.07) is 10.2. The summed E-state index contributed by atoms with van der Waals surface area (Å²) in [5.74, 6) is -0.586. The summed E-state index contributed by atoms with van der Waals surface area (Å²) >= 11 is 11.4. The van der Waals surface area contributed by atoms with Gasteiger partial charge in [0, 0.05) is 16.6 Å². The first kappa shape index (κ1) is 18.6. The number of halogens is 5. The first-order chi connectivity index (χ1) is 11.3. The molecule has 0 aliphatic heterocycles. The van der Waals surface area contributed by atoms with Gasteiger partial charge < -0.3 is 10.6 Å². The summed E-state index contributed by atoms with van der Waals surface area (Å²) in [5.41, 5.74) is -0.416. The number of carbonyl (C=O) groups is 1. The second kappa shape index (κ2) is 7.88. The molecule has 0 aliphatic carbocycles. The molecule has 0 heterocycles. The highest BCUT2D eigenvalue weighted by atomic mass is 35.5. The van der Waals surface area contributed by atoms with Crippen LogP contribution < -0.4 is 10.6 Å². The van der Waals surface area contributed by atoms with Crippen LogP contribution in [0.3, 0.4) is 0 Å². The van der Waals surface area contributed by atoms with Gasteiger partial charge in [0.05, 0.1) is 17.8 Å². The zero-order chi connectivity index (χ0) is 17.7. The molecule has 24 heavy (non-hydrogen) atoms. The first-order valence-electron chi connectivity index (χ1n) is 6.87. The van der Waals surface area contributed by atoms with E-state index in [-0.39, 0.29) is 17.3 Å². The smallest absolute Gasteiger partial charge is 0.324 e. The van der Waals surface area contributed by atoms with E-state index in [9.17, 15) is 18.0 Å². The van der Waals surface area contributed by atoms with Gasteiger partial charge in [0.15, 0.2) is 0 Å². The minimum absolute atomic E-state index is 0.0545. The van der Waals surface area contributed by atoms with E-state index >= 15 is 0 Å². The molecule has 0 spiro atoms. The Bertz CT molecular complexity index is 718. The summed E-state index contributed by atoms with van der Waals surface area (Å²) in [6.07, 6.45) is -4.61. The van der Waals surface area contributed by atoms with Gasteiger partial charge in [-0.2, -0.15) is 13.2 Å². The molecule has 1 amide bonds. The van der Waals surface area contributed by atoms with E-state index in [0.29, 0.717) is 11.6 Å². The van der Waals surface area contributed by atoms with Crippen LogP contribution >= 0.6 is 23.2 Å². The zero-order valence-electron chi connectivity index (χ0n) is 12.3. The van der Waals surface area contributed by atoms with E-state index in [2.05, 4.69) is 10.6 Å². The van der Waals surface area contributed by atoms with Crippen molar-refractivity contribution in [3.63, 3.8) is 0 Å². The molecule has 0 aliphatic rings. The predicted octanol–water partition coefficient (Wildman–Crippen LogP) is 4.74. The molecule has 2 rings (SSSR count). The molecular weight excluding hydrogens is 364 g/mol. The summed E-state index contributed by atoms with van der Waals surface area (Å²) in [6.45, 7) is 0.250. The Labute approximate surface area is 146 Å². The van der Waals surface area contributed by atoms with Crippen LogP contribution in [0.25, 0.3) is 0 Å². The maximum Gasteiger partial charge on any atom is 0.418 e. The van der Waals surface area contributed by atoms with Crippen LogP contribution in [0.15, 0.2) is 42.5 Å². The summed E-state index contributed by atoms with van der Waals surface area (Å²) in [7, 11) is 0. The lowest BCUT2D eigenvalue weighted by molar-refractivity contribution is -0.137. The quantitative estimate of drug-likeness (QED) is 0.790. The van der Waals surface area contributed by atoms with Gasteiger partial charge in [-0.25, -0.2) is 0 Å². The fourth-order valence-electron chi connectivity index (χ4n) is 1.98. The molecule has 0 aromatic heterocycles. The molecule has 3 nitrogen and oxygen atoms in total. The third-order valence-electron chi connectivity index (χ3n) is 3.09. The lowest BCUT2D eigenvalue weighted by Gasteiger charge is -2.14. The van der Waals surface area contributed by atoms with Gasteiger partial charge in [0.25, 0.3) is 0 Å². The Balaban J connectivity index is 1.94. The van der Waals surface area contributed by atoms with Crippen LogP contribution in [-0.2, 0) is 17.5 Å². The average molecular weight is 377 g/mol. The van der Waals surface area contributed by atoms with Crippen molar-refractivity contribution in [2.75, 3.05) is 11.9 Å². The molecule has 0 saturated carbocycles. The number of hydrogen-bond acceptors (Lipinski definition) is 2. The number of nitrogens with one attached hydrogen (secondary N) is 2. The second-order valence-electron chi connectivity index (χ2n) is 4.97. The summed E-state index contributed by atoms with van der Waals surface area (Å²) in [4.78, 5) is 11.8. The molecule has 8 heteroatoms. The van der Waals surface area contributed by atoms with E-state index in [0.717, 1.165) is 17.7 Å². The third kappa shape index (κ3) is 5.40. The standard InChI is InChI=1S/C16H13Cl2F3N2O/c17-11-3-1-10(2-4-11)8-22-9-15(24)23-14-6-5-12(18)7-13(14)16(19,20)21/h1-7,22H,8-9H2,(H,23,24). The molecule has 0 fully saturated rings. The minimum atomic E-state index is -4.61. The lowest BCUT2D eigenvalue weighted by Crippen LogP contribution is -2.28. The molecule has 0 unspecified atom stereocenters. The number of hydrogen-bond donors (Lipinski definition) is 2. The average Bonchev–Trinajstić information content (AvgIpc) is 2.50. The molecule has 128 valence electrons. The molecule has 0 saturated heterocycles. The van der Waals surface area contributed by atoms with Crippen molar-refractivity contribution in [2.24, 2.45) is 0 Å². The lowest BCUT2D eigenvalue weighted by atomic mass is 10.1. The van der Waals surface area contributed by atoms with Crippen molar-refractivity contribution in [1.29, 1.82) is 0 Å². The van der Waals surface area contributed by atoms with Crippen LogP contribution in [-0.4, -0.2) is 12.5 Å². The number of anilines is 1. The van der Waals surface area contributed by atoms with Gasteiger partial charge in [0.1, 0.15) is 0 Å². The van der Waals surface area contributed by atoms with E-state index < -0.39 is 17.6 Å². The second-order valence-corrected chi connectivity index (χ2v) is 5.84. The Hall–Kier alpha value is -1.76. The van der Waals surface area contributed by atoms with E-state index in [1.54, 1.807) is 24.3 Å². The largest absolute Gasteiger partial charge is 0.418 e. The highest BCUT2D eigenvalue weighted by Crippen LogP contribution is 2.36. The molecule has 2 aromatic rings. The summed E-state index contributed by atoms with van der Waals surface area (Å²) < 4.78 is 38.8. The highest BCUT2D eigenvalue weighted by Gasteiger charge is 2.34. The van der Waals surface area contributed by atoms with Crippen molar-refractivity contribution < 1.29 is 18.0 Å². The molecule has 2 aromatic carbocycles. The number of benzene rings is 2. The summed E-state index contributed by atoms with van der Waals surface area (Å²) in [5, 5.41) is 5.63. The SMILES string of the molecule is O=C(CNCc1ccc(Cl)cc1)Nc1ccc(Cl)cc1C(F)(F)F. The van der Waals surface area contributed by atoms with E-state index in [1.165, 1.54) is 6.07 Å². The molecule has 2 N–H and O–H groups in total. The molecule has 0 radical (unpaired) electrons. The third-order valence-corrected chi connectivity index (χ3v) is 3.58. The van der Waals surface area contributed by atoms with Crippen LogP contribution in [0.5, 0.6) is 0 Å². The van der Waals surface area contributed by atoms with Crippen LogP contribution in [0.4, 0.5) is 18.9 Å². The van der Waals surface area contributed by atoms with Gasteiger partial charge >= 0.3 is 6.18 Å². The molecular formula is C16H13Cl2F3N2O. The van der Waals surface area contributed by atoms with E-state index in [4.69, 9.17) is 23.2 Å². The highest BCUT2D eigenvalue weighted by molar-refractivity contribution is 6.31. The Morgan fingerprint density at radius 3 is 2.25 bits per heavy atom. The van der Waals surface area contributed by atoms with Crippen molar-refractivity contribution in [3.8, 4) is 0 Å². The number of amides is 1. The normalized spacial score (nSPS) is 11.4. The minimum Gasteiger partial charge on any atom is -0.324 e. The Kier molecular flexibility index (Phi) is 6.10. The monoisotopic (exact) mass is 376 g/mol. The van der Waals surface area contributed by atoms with Crippen LogP contribution in [0.1, 0.15) is 11.1 Å². The van der Waals surface area contributed by atoms with Crippen LogP contribution in [0.2, 0.25) is 10.0 Å². The maximum absolute atomic E-state index is 12.9. The molecule has 0 atom stereocenters. The van der Waals surface area contributed by atoms with Crippen molar-refractivity contribution >= 4 is 34.8 Å². The predicted molar refractivity (Wildman–Crippen MR) is 88.2 cm³/mol. The fourth-order valence-corrected chi connectivity index (χ4v) is 2.28. The Morgan fingerprint density at radius 1 is 1.00 bits per heavy atom. The van der Waals surface area contributed by atoms with Gasteiger partial charge in [-0.15, -0.1) is 0 Å². The Morgan fingerprint density at radius 2 is 1.62 bits per heavy atom. The maximum atomic E-state index is 12.9.